The highest BCUT2D eigenvalue weighted by molar-refractivity contribution is 7.89. The molecule has 0 spiro atoms. The van der Waals surface area contributed by atoms with E-state index in [0.717, 1.165) is 25.0 Å². The number of benzene rings is 1. The van der Waals surface area contributed by atoms with E-state index in [-0.39, 0.29) is 24.3 Å². The van der Waals surface area contributed by atoms with Crippen molar-refractivity contribution in [2.75, 3.05) is 25.4 Å². The minimum Gasteiger partial charge on any atom is -0.376 e. The van der Waals surface area contributed by atoms with Gasteiger partial charge in [-0.2, -0.15) is 0 Å². The van der Waals surface area contributed by atoms with Crippen molar-refractivity contribution in [3.8, 4) is 0 Å². The Balaban J connectivity index is 1.61. The van der Waals surface area contributed by atoms with Gasteiger partial charge in [0.25, 0.3) is 0 Å². The average molecular weight is 340 g/mol. The number of carbonyl (C=O) groups is 1. The fourth-order valence-corrected chi connectivity index (χ4v) is 3.47. The smallest absolute Gasteiger partial charge is 0.235 e. The SMILES string of the molecule is O=C(CNS(=O)(=O)CCCc1ccccc1)NCC1CCCO1. The highest BCUT2D eigenvalue weighted by Gasteiger charge is 2.17. The first-order chi connectivity index (χ1) is 11.1. The fraction of sp³-hybridized carbons (Fsp3) is 0.562. The van der Waals surface area contributed by atoms with E-state index in [2.05, 4.69) is 10.0 Å². The molecule has 1 saturated heterocycles. The molecule has 1 fully saturated rings. The molecule has 23 heavy (non-hydrogen) atoms. The van der Waals surface area contributed by atoms with Gasteiger partial charge < -0.3 is 10.1 Å². The summed E-state index contributed by atoms with van der Waals surface area (Å²) in [5, 5.41) is 2.69. The molecule has 1 amide bonds. The van der Waals surface area contributed by atoms with Crippen LogP contribution in [0, 0.1) is 0 Å². The number of sulfonamides is 1. The first-order valence-electron chi connectivity index (χ1n) is 7.95. The van der Waals surface area contributed by atoms with Gasteiger partial charge >= 0.3 is 0 Å². The van der Waals surface area contributed by atoms with Gasteiger partial charge in [0.2, 0.25) is 15.9 Å². The van der Waals surface area contributed by atoms with Crippen molar-refractivity contribution in [3.63, 3.8) is 0 Å². The minimum atomic E-state index is -3.43. The molecule has 0 bridgehead atoms. The first kappa shape index (κ1) is 17.9. The zero-order chi connectivity index (χ0) is 16.5. The van der Waals surface area contributed by atoms with Crippen molar-refractivity contribution < 1.29 is 17.9 Å². The van der Waals surface area contributed by atoms with Crippen LogP contribution in [0.3, 0.4) is 0 Å². The number of amides is 1. The number of hydrogen-bond acceptors (Lipinski definition) is 4. The first-order valence-corrected chi connectivity index (χ1v) is 9.60. The summed E-state index contributed by atoms with van der Waals surface area (Å²) in [6.07, 6.45) is 3.23. The molecule has 1 aromatic carbocycles. The average Bonchev–Trinajstić information content (AvgIpc) is 3.05. The zero-order valence-electron chi connectivity index (χ0n) is 13.2. The van der Waals surface area contributed by atoms with E-state index in [1.54, 1.807) is 0 Å². The van der Waals surface area contributed by atoms with Crippen molar-refractivity contribution in [2.45, 2.75) is 31.8 Å². The lowest BCUT2D eigenvalue weighted by Gasteiger charge is -2.11. The molecule has 1 unspecified atom stereocenters. The van der Waals surface area contributed by atoms with Crippen LogP contribution in [0.2, 0.25) is 0 Å². The van der Waals surface area contributed by atoms with Gasteiger partial charge in [-0.3, -0.25) is 4.79 Å². The number of aryl methyl sites for hydroxylation is 1. The van der Waals surface area contributed by atoms with Gasteiger partial charge in [0.15, 0.2) is 0 Å². The molecule has 0 aromatic heterocycles. The summed E-state index contributed by atoms with van der Waals surface area (Å²) in [5.41, 5.74) is 1.11. The van der Waals surface area contributed by atoms with E-state index in [1.165, 1.54) is 0 Å². The summed E-state index contributed by atoms with van der Waals surface area (Å²) >= 11 is 0. The van der Waals surface area contributed by atoms with Crippen molar-refractivity contribution in [3.05, 3.63) is 35.9 Å². The summed E-state index contributed by atoms with van der Waals surface area (Å²) in [5.74, 6) is -0.312. The predicted molar refractivity (Wildman–Crippen MR) is 88.5 cm³/mol. The van der Waals surface area contributed by atoms with Crippen LogP contribution < -0.4 is 10.0 Å². The molecule has 1 aliphatic rings. The summed E-state index contributed by atoms with van der Waals surface area (Å²) in [4.78, 5) is 11.6. The second-order valence-electron chi connectivity index (χ2n) is 5.67. The summed E-state index contributed by atoms with van der Waals surface area (Å²) in [6, 6.07) is 9.73. The van der Waals surface area contributed by atoms with Crippen LogP contribution in [0.1, 0.15) is 24.8 Å². The molecular formula is C16H24N2O4S. The van der Waals surface area contributed by atoms with Gasteiger partial charge in [-0.15, -0.1) is 0 Å². The van der Waals surface area contributed by atoms with E-state index in [4.69, 9.17) is 4.74 Å². The van der Waals surface area contributed by atoms with Gasteiger partial charge in [-0.1, -0.05) is 30.3 Å². The Kier molecular flexibility index (Phi) is 7.01. The Morgan fingerprint density at radius 3 is 2.74 bits per heavy atom. The van der Waals surface area contributed by atoms with Crippen molar-refractivity contribution in [1.82, 2.24) is 10.0 Å². The van der Waals surface area contributed by atoms with Gasteiger partial charge in [-0.05, 0) is 31.2 Å². The molecule has 1 heterocycles. The summed E-state index contributed by atoms with van der Waals surface area (Å²) < 4.78 is 31.5. The monoisotopic (exact) mass is 340 g/mol. The lowest BCUT2D eigenvalue weighted by Crippen LogP contribution is -2.40. The highest BCUT2D eigenvalue weighted by atomic mass is 32.2. The second-order valence-corrected chi connectivity index (χ2v) is 7.59. The third-order valence-corrected chi connectivity index (χ3v) is 5.14. The number of carbonyl (C=O) groups excluding carboxylic acids is 1. The molecule has 2 rings (SSSR count). The largest absolute Gasteiger partial charge is 0.376 e. The van der Waals surface area contributed by atoms with E-state index >= 15 is 0 Å². The van der Waals surface area contributed by atoms with Gasteiger partial charge in [0.1, 0.15) is 0 Å². The van der Waals surface area contributed by atoms with Crippen LogP contribution >= 0.6 is 0 Å². The van der Waals surface area contributed by atoms with Crippen LogP contribution in [0.15, 0.2) is 30.3 Å². The topological polar surface area (TPSA) is 84.5 Å². The van der Waals surface area contributed by atoms with Gasteiger partial charge in [0, 0.05) is 13.2 Å². The Morgan fingerprint density at radius 1 is 1.26 bits per heavy atom. The van der Waals surface area contributed by atoms with Crippen LogP contribution in [-0.4, -0.2) is 45.9 Å². The number of hydrogen-bond donors (Lipinski definition) is 2. The van der Waals surface area contributed by atoms with Crippen molar-refractivity contribution >= 4 is 15.9 Å². The Hall–Kier alpha value is -1.44. The van der Waals surface area contributed by atoms with E-state index in [9.17, 15) is 13.2 Å². The van der Waals surface area contributed by atoms with Crippen LogP contribution in [0.4, 0.5) is 0 Å². The third-order valence-electron chi connectivity index (χ3n) is 3.72. The zero-order valence-corrected chi connectivity index (χ0v) is 14.0. The number of rotatable bonds is 9. The molecule has 2 N–H and O–H groups in total. The fourth-order valence-electron chi connectivity index (χ4n) is 2.45. The van der Waals surface area contributed by atoms with Gasteiger partial charge in [0.05, 0.1) is 18.4 Å². The lowest BCUT2D eigenvalue weighted by molar-refractivity contribution is -0.120. The molecule has 0 saturated carbocycles. The van der Waals surface area contributed by atoms with Crippen LogP contribution in [0.25, 0.3) is 0 Å². The van der Waals surface area contributed by atoms with E-state index in [0.29, 0.717) is 19.4 Å². The maximum atomic E-state index is 11.9. The van der Waals surface area contributed by atoms with E-state index in [1.807, 2.05) is 30.3 Å². The van der Waals surface area contributed by atoms with Crippen LogP contribution in [0.5, 0.6) is 0 Å². The standard InChI is InChI=1S/C16H24N2O4S/c19-16(17-12-15-9-4-10-22-15)13-18-23(20,21)11-5-8-14-6-2-1-3-7-14/h1-3,6-7,15,18H,4-5,8-13H2,(H,17,19). The Labute approximate surface area is 137 Å². The molecule has 1 aliphatic heterocycles. The molecule has 7 heteroatoms. The normalized spacial score (nSPS) is 18.0. The van der Waals surface area contributed by atoms with E-state index < -0.39 is 10.0 Å². The molecule has 128 valence electrons. The van der Waals surface area contributed by atoms with Crippen molar-refractivity contribution in [2.24, 2.45) is 0 Å². The van der Waals surface area contributed by atoms with Crippen molar-refractivity contribution in [1.29, 1.82) is 0 Å². The summed E-state index contributed by atoms with van der Waals surface area (Å²) in [6.45, 7) is 0.948. The Morgan fingerprint density at radius 2 is 2.04 bits per heavy atom. The molecular weight excluding hydrogens is 316 g/mol. The highest BCUT2D eigenvalue weighted by Crippen LogP contribution is 2.10. The Bertz CT molecular complexity index is 583. The summed E-state index contributed by atoms with van der Waals surface area (Å²) in [7, 11) is -3.43. The number of nitrogens with one attached hydrogen (secondary N) is 2. The third kappa shape index (κ3) is 7.11. The molecule has 1 atom stereocenters. The molecule has 6 nitrogen and oxygen atoms in total. The second kappa shape index (κ2) is 9.00. The molecule has 0 aliphatic carbocycles. The molecule has 1 aromatic rings. The minimum absolute atomic E-state index is 0.0148. The maximum Gasteiger partial charge on any atom is 0.235 e. The maximum absolute atomic E-state index is 11.9. The number of ether oxygens (including phenoxy) is 1. The van der Waals surface area contributed by atoms with Gasteiger partial charge in [-0.25, -0.2) is 13.1 Å². The lowest BCUT2D eigenvalue weighted by atomic mass is 10.1. The van der Waals surface area contributed by atoms with Crippen LogP contribution in [-0.2, 0) is 26.0 Å². The molecule has 0 radical (unpaired) electrons. The quantitative estimate of drug-likeness (QED) is 0.697. The predicted octanol–water partition coefficient (Wildman–Crippen LogP) is 0.834.